The smallest absolute Gasteiger partial charge is 0.0471 e. The standard InChI is InChI=1S/C17H27ClN2/c1-5-6-7-20-16-9-15(18)13(11-19)8-14(16)12(2)10-17(20,3)4/h8-9,12H,5-7,10-11,19H2,1-4H3/t12-/m0/s1. The van der Waals surface area contributed by atoms with E-state index in [1.54, 1.807) is 0 Å². The van der Waals surface area contributed by atoms with Crippen molar-refractivity contribution in [2.45, 2.75) is 65.0 Å². The van der Waals surface area contributed by atoms with Gasteiger partial charge in [0.05, 0.1) is 0 Å². The van der Waals surface area contributed by atoms with E-state index >= 15 is 0 Å². The van der Waals surface area contributed by atoms with Gasteiger partial charge in [-0.3, -0.25) is 0 Å². The summed E-state index contributed by atoms with van der Waals surface area (Å²) in [6.07, 6.45) is 3.61. The minimum atomic E-state index is 0.190. The molecule has 20 heavy (non-hydrogen) atoms. The fourth-order valence-corrected chi connectivity index (χ4v) is 3.68. The summed E-state index contributed by atoms with van der Waals surface area (Å²) in [5.74, 6) is 0.556. The lowest BCUT2D eigenvalue weighted by Crippen LogP contribution is -2.48. The SMILES string of the molecule is CCCCN1c2cc(Cl)c(CN)cc2[C@@H](C)CC1(C)C. The third-order valence-corrected chi connectivity index (χ3v) is 4.86. The number of nitrogens with zero attached hydrogens (tertiary/aromatic N) is 1. The van der Waals surface area contributed by atoms with Gasteiger partial charge in [-0.1, -0.05) is 37.9 Å². The van der Waals surface area contributed by atoms with Crippen LogP contribution in [0, 0.1) is 0 Å². The van der Waals surface area contributed by atoms with Crippen molar-refractivity contribution in [2.24, 2.45) is 5.73 Å². The molecule has 0 fully saturated rings. The molecular weight excluding hydrogens is 268 g/mol. The molecule has 0 unspecified atom stereocenters. The van der Waals surface area contributed by atoms with Crippen LogP contribution in [0.3, 0.4) is 0 Å². The zero-order chi connectivity index (χ0) is 14.9. The summed E-state index contributed by atoms with van der Waals surface area (Å²) < 4.78 is 0. The molecule has 1 aromatic rings. The zero-order valence-corrected chi connectivity index (χ0v) is 13.9. The molecule has 1 atom stereocenters. The molecule has 0 bridgehead atoms. The Hall–Kier alpha value is -0.730. The van der Waals surface area contributed by atoms with Gasteiger partial charge < -0.3 is 10.6 Å². The predicted molar refractivity (Wildman–Crippen MR) is 88.7 cm³/mol. The number of hydrogen-bond acceptors (Lipinski definition) is 2. The topological polar surface area (TPSA) is 29.3 Å². The van der Waals surface area contributed by atoms with Crippen LogP contribution in [0.25, 0.3) is 0 Å². The minimum absolute atomic E-state index is 0.190. The summed E-state index contributed by atoms with van der Waals surface area (Å²) >= 11 is 6.39. The molecule has 1 aliphatic rings. The molecule has 0 spiro atoms. The Morgan fingerprint density at radius 3 is 2.70 bits per heavy atom. The molecule has 0 radical (unpaired) electrons. The lowest BCUT2D eigenvalue weighted by Gasteiger charge is -2.48. The van der Waals surface area contributed by atoms with E-state index in [0.29, 0.717) is 12.5 Å². The Labute approximate surface area is 128 Å². The molecule has 1 aliphatic heterocycles. The summed E-state index contributed by atoms with van der Waals surface area (Å²) in [7, 11) is 0. The minimum Gasteiger partial charge on any atom is -0.366 e. The van der Waals surface area contributed by atoms with Crippen molar-refractivity contribution in [1.29, 1.82) is 0 Å². The average Bonchev–Trinajstić information content (AvgIpc) is 2.37. The maximum Gasteiger partial charge on any atom is 0.0471 e. The van der Waals surface area contributed by atoms with Crippen molar-refractivity contribution in [3.05, 3.63) is 28.3 Å². The highest BCUT2D eigenvalue weighted by Gasteiger charge is 2.36. The van der Waals surface area contributed by atoms with Gasteiger partial charge in [-0.05, 0) is 49.8 Å². The zero-order valence-electron chi connectivity index (χ0n) is 13.2. The summed E-state index contributed by atoms with van der Waals surface area (Å²) in [6.45, 7) is 10.8. The van der Waals surface area contributed by atoms with E-state index in [4.69, 9.17) is 17.3 Å². The largest absolute Gasteiger partial charge is 0.366 e. The van der Waals surface area contributed by atoms with Gasteiger partial charge in [0.15, 0.2) is 0 Å². The van der Waals surface area contributed by atoms with Crippen LogP contribution in [-0.2, 0) is 6.54 Å². The number of unbranched alkanes of at least 4 members (excludes halogenated alkanes) is 1. The third-order valence-electron chi connectivity index (χ3n) is 4.51. The number of anilines is 1. The average molecular weight is 295 g/mol. The Morgan fingerprint density at radius 1 is 1.40 bits per heavy atom. The van der Waals surface area contributed by atoms with Crippen molar-refractivity contribution in [2.75, 3.05) is 11.4 Å². The molecule has 1 aromatic carbocycles. The highest BCUT2D eigenvalue weighted by molar-refractivity contribution is 6.31. The third kappa shape index (κ3) is 2.82. The Balaban J connectivity index is 2.49. The van der Waals surface area contributed by atoms with E-state index in [9.17, 15) is 0 Å². The van der Waals surface area contributed by atoms with Gasteiger partial charge in [-0.2, -0.15) is 0 Å². The van der Waals surface area contributed by atoms with E-state index in [2.05, 4.69) is 44.7 Å². The fourth-order valence-electron chi connectivity index (χ4n) is 3.45. The van der Waals surface area contributed by atoms with E-state index in [1.165, 1.54) is 30.5 Å². The number of benzene rings is 1. The van der Waals surface area contributed by atoms with E-state index in [-0.39, 0.29) is 5.54 Å². The van der Waals surface area contributed by atoms with Crippen molar-refractivity contribution >= 4 is 17.3 Å². The lowest BCUT2D eigenvalue weighted by molar-refractivity contribution is 0.373. The first-order chi connectivity index (χ1) is 9.40. The summed E-state index contributed by atoms with van der Waals surface area (Å²) in [4.78, 5) is 2.54. The van der Waals surface area contributed by atoms with Crippen LogP contribution >= 0.6 is 11.6 Å². The first kappa shape index (κ1) is 15.7. The first-order valence-electron chi connectivity index (χ1n) is 7.70. The van der Waals surface area contributed by atoms with Crippen LogP contribution in [0.5, 0.6) is 0 Å². The van der Waals surface area contributed by atoms with Crippen LogP contribution in [0.2, 0.25) is 5.02 Å². The molecular formula is C17H27ClN2. The lowest BCUT2D eigenvalue weighted by atomic mass is 9.79. The second-order valence-corrected chi connectivity index (χ2v) is 7.04. The second kappa shape index (κ2) is 5.95. The van der Waals surface area contributed by atoms with Crippen molar-refractivity contribution in [1.82, 2.24) is 0 Å². The maximum atomic E-state index is 6.39. The normalized spacial score (nSPS) is 20.9. The Bertz CT molecular complexity index is 482. The van der Waals surface area contributed by atoms with Gasteiger partial charge in [0.2, 0.25) is 0 Å². The molecule has 2 N–H and O–H groups in total. The molecule has 3 heteroatoms. The molecule has 0 aliphatic carbocycles. The summed E-state index contributed by atoms with van der Waals surface area (Å²) in [5, 5.41) is 0.803. The van der Waals surface area contributed by atoms with Gasteiger partial charge in [0.1, 0.15) is 0 Å². The van der Waals surface area contributed by atoms with E-state index in [1.807, 2.05) is 0 Å². The summed E-state index contributed by atoms with van der Waals surface area (Å²) in [6, 6.07) is 4.35. The van der Waals surface area contributed by atoms with Gasteiger partial charge in [-0.25, -0.2) is 0 Å². The van der Waals surface area contributed by atoms with Crippen LogP contribution in [0.15, 0.2) is 12.1 Å². The molecule has 0 saturated carbocycles. The first-order valence-corrected chi connectivity index (χ1v) is 8.08. The van der Waals surface area contributed by atoms with Gasteiger partial charge in [0, 0.05) is 29.3 Å². The quantitative estimate of drug-likeness (QED) is 0.873. The van der Waals surface area contributed by atoms with Crippen LogP contribution in [0.1, 0.15) is 64.0 Å². The molecule has 0 aromatic heterocycles. The molecule has 112 valence electrons. The van der Waals surface area contributed by atoms with E-state index in [0.717, 1.165) is 17.1 Å². The van der Waals surface area contributed by atoms with E-state index < -0.39 is 0 Å². The number of hydrogen-bond donors (Lipinski definition) is 1. The molecule has 2 rings (SSSR count). The van der Waals surface area contributed by atoms with Crippen molar-refractivity contribution < 1.29 is 0 Å². The number of halogens is 1. The van der Waals surface area contributed by atoms with Crippen LogP contribution < -0.4 is 10.6 Å². The molecule has 2 nitrogen and oxygen atoms in total. The van der Waals surface area contributed by atoms with Crippen LogP contribution in [0.4, 0.5) is 5.69 Å². The van der Waals surface area contributed by atoms with Crippen molar-refractivity contribution in [3.8, 4) is 0 Å². The number of rotatable bonds is 4. The Morgan fingerprint density at radius 2 is 2.10 bits per heavy atom. The molecule has 0 amide bonds. The fraction of sp³-hybridized carbons (Fsp3) is 0.647. The predicted octanol–water partition coefficient (Wildman–Crippen LogP) is 4.69. The monoisotopic (exact) mass is 294 g/mol. The van der Waals surface area contributed by atoms with Gasteiger partial charge in [-0.15, -0.1) is 0 Å². The Kier molecular flexibility index (Phi) is 4.66. The maximum absolute atomic E-state index is 6.39. The number of nitrogens with two attached hydrogens (primary N) is 1. The van der Waals surface area contributed by atoms with Crippen LogP contribution in [-0.4, -0.2) is 12.1 Å². The molecule has 0 saturated heterocycles. The van der Waals surface area contributed by atoms with Gasteiger partial charge in [0.25, 0.3) is 0 Å². The van der Waals surface area contributed by atoms with Crippen molar-refractivity contribution in [3.63, 3.8) is 0 Å². The highest BCUT2D eigenvalue weighted by atomic mass is 35.5. The van der Waals surface area contributed by atoms with Gasteiger partial charge >= 0.3 is 0 Å². The highest BCUT2D eigenvalue weighted by Crippen LogP contribution is 2.45. The summed E-state index contributed by atoms with van der Waals surface area (Å²) in [5.41, 5.74) is 9.77. The molecule has 1 heterocycles. The second-order valence-electron chi connectivity index (χ2n) is 6.63. The number of fused-ring (bicyclic) bond motifs is 1.